The summed E-state index contributed by atoms with van der Waals surface area (Å²) in [7, 11) is 0. The average molecular weight is 270 g/mol. The summed E-state index contributed by atoms with van der Waals surface area (Å²) in [5, 5.41) is 2.32. The molecule has 0 fully saturated rings. The number of nitrogens with one attached hydrogen (secondary N) is 1. The molecule has 84 valence electrons. The van der Waals surface area contributed by atoms with Crippen LogP contribution in [-0.4, -0.2) is 13.1 Å². The van der Waals surface area contributed by atoms with Crippen LogP contribution < -0.4 is 9.90 Å². The molecule has 1 rings (SSSR count). The first-order valence-electron chi connectivity index (χ1n) is 4.75. The summed E-state index contributed by atoms with van der Waals surface area (Å²) in [5.74, 6) is 0.560. The van der Waals surface area contributed by atoms with Crippen molar-refractivity contribution in [3.05, 3.63) is 27.2 Å². The zero-order valence-electron chi connectivity index (χ0n) is 8.61. The monoisotopic (exact) mass is 268 g/mol. The van der Waals surface area contributed by atoms with E-state index in [-0.39, 0.29) is 0 Å². The minimum absolute atomic E-state index is 0.434. The highest BCUT2D eigenvalue weighted by Gasteiger charge is 2.12. The zero-order valence-corrected chi connectivity index (χ0v) is 10.9. The zero-order chi connectivity index (χ0) is 11.4. The number of hydrogen-bond donors (Lipinski definition) is 1. The van der Waals surface area contributed by atoms with Crippen molar-refractivity contribution in [3.8, 4) is 5.75 Å². The molecule has 0 aliphatic rings. The van der Waals surface area contributed by atoms with Crippen molar-refractivity contribution in [2.24, 2.45) is 0 Å². The van der Waals surface area contributed by atoms with Crippen molar-refractivity contribution in [2.45, 2.75) is 13.8 Å². The van der Waals surface area contributed by atoms with E-state index in [2.05, 4.69) is 0 Å². The summed E-state index contributed by atoms with van der Waals surface area (Å²) in [6.07, 6.45) is 0. The molecule has 0 heterocycles. The predicted molar refractivity (Wildman–Crippen MR) is 64.1 cm³/mol. The SMILES string of the molecule is CC[NH+](CC)Oc1cc(Cl)c(Cl)cc1Cl. The third kappa shape index (κ3) is 3.42. The maximum atomic E-state index is 5.98. The van der Waals surface area contributed by atoms with Crippen LogP contribution in [0, 0.1) is 0 Å². The van der Waals surface area contributed by atoms with Crippen molar-refractivity contribution in [2.75, 3.05) is 13.1 Å². The summed E-state index contributed by atoms with van der Waals surface area (Å²) in [6, 6.07) is 3.22. The molecule has 5 heteroatoms. The Bertz CT molecular complexity index is 340. The highest BCUT2D eigenvalue weighted by molar-refractivity contribution is 6.43. The van der Waals surface area contributed by atoms with Gasteiger partial charge in [-0.1, -0.05) is 34.8 Å². The Morgan fingerprint density at radius 2 is 1.53 bits per heavy atom. The highest BCUT2D eigenvalue weighted by Crippen LogP contribution is 2.33. The lowest BCUT2D eigenvalue weighted by atomic mass is 10.3. The van der Waals surface area contributed by atoms with Crippen LogP contribution >= 0.6 is 34.8 Å². The van der Waals surface area contributed by atoms with Crippen molar-refractivity contribution in [3.63, 3.8) is 0 Å². The Balaban J connectivity index is 2.89. The summed E-state index contributed by atoms with van der Waals surface area (Å²) in [5.41, 5.74) is 0. The van der Waals surface area contributed by atoms with E-state index < -0.39 is 0 Å². The Kier molecular flexibility index (Phi) is 5.00. The van der Waals surface area contributed by atoms with E-state index in [9.17, 15) is 0 Å². The smallest absolute Gasteiger partial charge is 0.210 e. The molecule has 1 aromatic rings. The van der Waals surface area contributed by atoms with Gasteiger partial charge >= 0.3 is 0 Å². The molecule has 0 radical (unpaired) electrons. The second-order valence-corrected chi connectivity index (χ2v) is 4.27. The lowest BCUT2D eigenvalue weighted by Crippen LogP contribution is -3.13. The maximum absolute atomic E-state index is 5.98. The molecule has 0 spiro atoms. The molecule has 1 N–H and O–H groups in total. The second-order valence-electron chi connectivity index (χ2n) is 3.04. The molecule has 0 unspecified atom stereocenters. The summed E-state index contributed by atoms with van der Waals surface area (Å²) in [6.45, 7) is 5.77. The Morgan fingerprint density at radius 1 is 1.00 bits per heavy atom. The summed E-state index contributed by atoms with van der Waals surface area (Å²) < 4.78 is 0. The van der Waals surface area contributed by atoms with Gasteiger partial charge in [-0.15, -0.1) is 5.06 Å². The first-order chi connectivity index (χ1) is 7.08. The molecule has 0 aliphatic carbocycles. The van der Waals surface area contributed by atoms with Crippen molar-refractivity contribution < 1.29 is 9.90 Å². The van der Waals surface area contributed by atoms with Gasteiger partial charge in [0.2, 0.25) is 5.75 Å². The molecular weight excluding hydrogens is 256 g/mol. The van der Waals surface area contributed by atoms with Crippen LogP contribution in [0.1, 0.15) is 13.8 Å². The lowest BCUT2D eigenvalue weighted by Gasteiger charge is -2.15. The normalized spacial score (nSPS) is 10.8. The molecule has 0 saturated heterocycles. The van der Waals surface area contributed by atoms with Crippen LogP contribution in [0.3, 0.4) is 0 Å². The van der Waals surface area contributed by atoms with Crippen LogP contribution in [0.15, 0.2) is 12.1 Å². The predicted octanol–water partition coefficient (Wildman–Crippen LogP) is 2.87. The molecule has 1 aromatic carbocycles. The average Bonchev–Trinajstić information content (AvgIpc) is 2.21. The van der Waals surface area contributed by atoms with Crippen molar-refractivity contribution >= 4 is 34.8 Å². The van der Waals surface area contributed by atoms with E-state index >= 15 is 0 Å². The Labute approximate surface area is 105 Å². The number of hydrogen-bond acceptors (Lipinski definition) is 1. The molecular formula is C10H13Cl3NO+. The van der Waals surface area contributed by atoms with Crippen LogP contribution in [0.4, 0.5) is 0 Å². The van der Waals surface area contributed by atoms with Gasteiger partial charge in [0.05, 0.1) is 15.1 Å². The molecule has 2 nitrogen and oxygen atoms in total. The molecule has 0 aliphatic heterocycles. The fourth-order valence-corrected chi connectivity index (χ4v) is 1.71. The third-order valence-electron chi connectivity index (χ3n) is 2.02. The third-order valence-corrected chi connectivity index (χ3v) is 3.04. The van der Waals surface area contributed by atoms with Gasteiger partial charge in [0.25, 0.3) is 0 Å². The van der Waals surface area contributed by atoms with Gasteiger partial charge in [0, 0.05) is 6.07 Å². The van der Waals surface area contributed by atoms with Crippen molar-refractivity contribution in [1.29, 1.82) is 0 Å². The lowest BCUT2D eigenvalue weighted by molar-refractivity contribution is -1.06. The Morgan fingerprint density at radius 3 is 2.07 bits per heavy atom. The van der Waals surface area contributed by atoms with E-state index in [1.807, 2.05) is 13.8 Å². The number of hydroxylamine groups is 2. The van der Waals surface area contributed by atoms with Crippen LogP contribution in [0.2, 0.25) is 15.1 Å². The minimum atomic E-state index is 0.434. The highest BCUT2D eigenvalue weighted by atomic mass is 35.5. The van der Waals surface area contributed by atoms with E-state index in [0.29, 0.717) is 20.8 Å². The standard InChI is InChI=1S/C10H12Cl3NO/c1-3-14(4-2)15-10-6-8(12)7(11)5-9(10)13/h5-6H,3-4H2,1-2H3/p+1. The number of benzene rings is 1. The van der Waals surface area contributed by atoms with Gasteiger partial charge in [-0.25, -0.2) is 0 Å². The maximum Gasteiger partial charge on any atom is 0.210 e. The molecule has 0 saturated carbocycles. The second kappa shape index (κ2) is 5.80. The number of rotatable bonds is 4. The largest absolute Gasteiger partial charge is 0.315 e. The molecule has 15 heavy (non-hydrogen) atoms. The van der Waals surface area contributed by atoms with Gasteiger partial charge in [0.1, 0.15) is 13.1 Å². The minimum Gasteiger partial charge on any atom is -0.315 e. The van der Waals surface area contributed by atoms with E-state index in [0.717, 1.165) is 18.2 Å². The van der Waals surface area contributed by atoms with E-state index in [1.54, 1.807) is 12.1 Å². The quantitative estimate of drug-likeness (QED) is 0.655. The summed E-state index contributed by atoms with van der Waals surface area (Å²) in [4.78, 5) is 5.62. The molecule has 0 aromatic heterocycles. The fraction of sp³-hybridized carbons (Fsp3) is 0.400. The first-order valence-corrected chi connectivity index (χ1v) is 5.89. The topological polar surface area (TPSA) is 13.7 Å². The van der Waals surface area contributed by atoms with Gasteiger partial charge in [0.15, 0.2) is 0 Å². The van der Waals surface area contributed by atoms with Gasteiger partial charge in [-0.05, 0) is 19.9 Å². The van der Waals surface area contributed by atoms with Gasteiger partial charge < -0.3 is 4.84 Å². The number of halogens is 3. The van der Waals surface area contributed by atoms with Crippen LogP contribution in [0.25, 0.3) is 0 Å². The van der Waals surface area contributed by atoms with Gasteiger partial charge in [-0.2, -0.15) is 0 Å². The first kappa shape index (κ1) is 12.9. The summed E-state index contributed by atoms with van der Waals surface area (Å²) >= 11 is 17.7. The van der Waals surface area contributed by atoms with E-state index in [4.69, 9.17) is 39.6 Å². The molecule has 0 amide bonds. The van der Waals surface area contributed by atoms with Crippen LogP contribution in [-0.2, 0) is 0 Å². The van der Waals surface area contributed by atoms with Gasteiger partial charge in [-0.3, -0.25) is 0 Å². The molecule has 0 atom stereocenters. The van der Waals surface area contributed by atoms with Crippen molar-refractivity contribution in [1.82, 2.24) is 0 Å². The Hall–Kier alpha value is -0.150. The fourth-order valence-electron chi connectivity index (χ4n) is 1.13. The van der Waals surface area contributed by atoms with Crippen LogP contribution in [0.5, 0.6) is 5.75 Å². The molecule has 0 bridgehead atoms. The van der Waals surface area contributed by atoms with E-state index in [1.165, 1.54) is 0 Å². The number of quaternary nitrogens is 1.